The third-order valence-electron chi connectivity index (χ3n) is 3.85. The molecule has 0 amide bonds. The van der Waals surface area contributed by atoms with Crippen LogP contribution < -0.4 is 11.1 Å². The molecule has 1 rings (SSSR count). The zero-order chi connectivity index (χ0) is 12.5. The molecule has 3 unspecified atom stereocenters. The molecule has 3 atom stereocenters. The highest BCUT2D eigenvalue weighted by molar-refractivity contribution is 4.78. The third kappa shape index (κ3) is 6.39. The first-order valence-electron chi connectivity index (χ1n) is 7.21. The van der Waals surface area contributed by atoms with Crippen LogP contribution in [0.5, 0.6) is 0 Å². The highest BCUT2D eigenvalue weighted by Crippen LogP contribution is 2.23. The summed E-state index contributed by atoms with van der Waals surface area (Å²) in [4.78, 5) is 0. The van der Waals surface area contributed by atoms with Gasteiger partial charge in [-0.3, -0.25) is 0 Å². The number of ether oxygens (including phenoxy) is 1. The van der Waals surface area contributed by atoms with Gasteiger partial charge in [-0.05, 0) is 44.6 Å². The van der Waals surface area contributed by atoms with Crippen LogP contribution in [-0.2, 0) is 4.74 Å². The summed E-state index contributed by atoms with van der Waals surface area (Å²) in [6.07, 6.45) is 9.01. The molecule has 0 saturated heterocycles. The van der Waals surface area contributed by atoms with Crippen LogP contribution in [0.25, 0.3) is 0 Å². The molecule has 1 aliphatic rings. The van der Waals surface area contributed by atoms with E-state index in [0.717, 1.165) is 31.9 Å². The maximum Gasteiger partial charge on any atom is 0.0615 e. The number of rotatable bonds is 7. The Morgan fingerprint density at radius 1 is 1.29 bits per heavy atom. The van der Waals surface area contributed by atoms with Gasteiger partial charge in [-0.25, -0.2) is 0 Å². The molecule has 17 heavy (non-hydrogen) atoms. The highest BCUT2D eigenvalue weighted by Gasteiger charge is 2.19. The monoisotopic (exact) mass is 242 g/mol. The van der Waals surface area contributed by atoms with Gasteiger partial charge in [-0.2, -0.15) is 0 Å². The minimum absolute atomic E-state index is 0.488. The van der Waals surface area contributed by atoms with Gasteiger partial charge < -0.3 is 15.8 Å². The standard InChI is InChI=1S/C14H30N2O/c1-12-5-3-6-13(9-8-12)16-14(11-17-2)7-4-10-15/h12-14,16H,3-11,15H2,1-2H3. The molecule has 0 aliphatic heterocycles. The van der Waals surface area contributed by atoms with Gasteiger partial charge in [0.05, 0.1) is 6.61 Å². The molecule has 1 fully saturated rings. The summed E-state index contributed by atoms with van der Waals surface area (Å²) < 4.78 is 5.29. The lowest BCUT2D eigenvalue weighted by atomic mass is 10.0. The second-order valence-corrected chi connectivity index (χ2v) is 5.56. The molecule has 1 aliphatic carbocycles. The van der Waals surface area contributed by atoms with Gasteiger partial charge in [-0.1, -0.05) is 19.8 Å². The first kappa shape index (κ1) is 14.9. The molecule has 0 aromatic heterocycles. The number of nitrogens with two attached hydrogens (primary N) is 1. The fraction of sp³-hybridized carbons (Fsp3) is 1.00. The Kier molecular flexibility index (Phi) is 7.82. The summed E-state index contributed by atoms with van der Waals surface area (Å²) in [5.41, 5.74) is 5.58. The molecule has 0 bridgehead atoms. The Labute approximate surface area is 106 Å². The Morgan fingerprint density at radius 3 is 2.82 bits per heavy atom. The largest absolute Gasteiger partial charge is 0.383 e. The maximum absolute atomic E-state index is 5.58. The summed E-state index contributed by atoms with van der Waals surface area (Å²) in [6, 6.07) is 1.18. The maximum atomic E-state index is 5.58. The lowest BCUT2D eigenvalue weighted by Crippen LogP contribution is -2.41. The first-order chi connectivity index (χ1) is 8.26. The van der Waals surface area contributed by atoms with E-state index in [9.17, 15) is 0 Å². The van der Waals surface area contributed by atoms with Crippen molar-refractivity contribution in [1.82, 2.24) is 5.32 Å². The van der Waals surface area contributed by atoms with E-state index >= 15 is 0 Å². The molecular formula is C14H30N2O. The van der Waals surface area contributed by atoms with Gasteiger partial charge >= 0.3 is 0 Å². The van der Waals surface area contributed by atoms with E-state index in [1.807, 2.05) is 0 Å². The van der Waals surface area contributed by atoms with Gasteiger partial charge in [0.15, 0.2) is 0 Å². The Hall–Kier alpha value is -0.120. The van der Waals surface area contributed by atoms with Crippen molar-refractivity contribution >= 4 is 0 Å². The summed E-state index contributed by atoms with van der Waals surface area (Å²) in [5, 5.41) is 3.77. The predicted octanol–water partition coefficient (Wildman–Crippen LogP) is 2.30. The van der Waals surface area contributed by atoms with Crippen LogP contribution in [-0.4, -0.2) is 32.3 Å². The Morgan fingerprint density at radius 2 is 2.12 bits per heavy atom. The van der Waals surface area contributed by atoms with Crippen molar-refractivity contribution in [1.29, 1.82) is 0 Å². The van der Waals surface area contributed by atoms with E-state index in [-0.39, 0.29) is 0 Å². The van der Waals surface area contributed by atoms with E-state index in [2.05, 4.69) is 12.2 Å². The van der Waals surface area contributed by atoms with Crippen molar-refractivity contribution in [3.05, 3.63) is 0 Å². The molecule has 0 aromatic rings. The highest BCUT2D eigenvalue weighted by atomic mass is 16.5. The molecule has 1 saturated carbocycles. The molecule has 102 valence electrons. The van der Waals surface area contributed by atoms with E-state index in [0.29, 0.717) is 12.1 Å². The van der Waals surface area contributed by atoms with Crippen molar-refractivity contribution in [2.24, 2.45) is 11.7 Å². The molecule has 3 nitrogen and oxygen atoms in total. The van der Waals surface area contributed by atoms with Crippen LogP contribution in [0.4, 0.5) is 0 Å². The van der Waals surface area contributed by atoms with Crippen molar-refractivity contribution in [2.75, 3.05) is 20.3 Å². The smallest absolute Gasteiger partial charge is 0.0615 e. The van der Waals surface area contributed by atoms with Crippen LogP contribution in [0.3, 0.4) is 0 Å². The van der Waals surface area contributed by atoms with Crippen molar-refractivity contribution in [3.8, 4) is 0 Å². The number of hydrogen-bond donors (Lipinski definition) is 2. The fourth-order valence-corrected chi connectivity index (χ4v) is 2.77. The summed E-state index contributed by atoms with van der Waals surface area (Å²) in [6.45, 7) is 3.97. The lowest BCUT2D eigenvalue weighted by Gasteiger charge is -2.24. The molecule has 0 spiro atoms. The molecule has 0 heterocycles. The summed E-state index contributed by atoms with van der Waals surface area (Å²) in [7, 11) is 1.78. The van der Waals surface area contributed by atoms with Gasteiger partial charge in [0.2, 0.25) is 0 Å². The minimum Gasteiger partial charge on any atom is -0.383 e. The van der Waals surface area contributed by atoms with Gasteiger partial charge in [0.25, 0.3) is 0 Å². The zero-order valence-electron chi connectivity index (χ0n) is 11.6. The summed E-state index contributed by atoms with van der Waals surface area (Å²) in [5.74, 6) is 0.909. The quantitative estimate of drug-likeness (QED) is 0.673. The predicted molar refractivity (Wildman–Crippen MR) is 73.1 cm³/mol. The average molecular weight is 242 g/mol. The first-order valence-corrected chi connectivity index (χ1v) is 7.21. The van der Waals surface area contributed by atoms with Crippen LogP contribution >= 0.6 is 0 Å². The molecule has 0 aromatic carbocycles. The second kappa shape index (κ2) is 8.90. The summed E-state index contributed by atoms with van der Waals surface area (Å²) >= 11 is 0. The van der Waals surface area contributed by atoms with Crippen LogP contribution in [0.1, 0.15) is 51.9 Å². The Bertz CT molecular complexity index is 185. The zero-order valence-corrected chi connectivity index (χ0v) is 11.6. The third-order valence-corrected chi connectivity index (χ3v) is 3.85. The minimum atomic E-state index is 0.488. The van der Waals surface area contributed by atoms with E-state index < -0.39 is 0 Å². The number of methoxy groups -OCH3 is 1. The number of hydrogen-bond acceptors (Lipinski definition) is 3. The average Bonchev–Trinajstić information content (AvgIpc) is 2.52. The van der Waals surface area contributed by atoms with Gasteiger partial charge in [0.1, 0.15) is 0 Å². The topological polar surface area (TPSA) is 47.3 Å². The fourth-order valence-electron chi connectivity index (χ4n) is 2.77. The van der Waals surface area contributed by atoms with Gasteiger partial charge in [0, 0.05) is 19.2 Å². The molecular weight excluding hydrogens is 212 g/mol. The SMILES string of the molecule is COCC(CCCN)NC1CCCC(C)CC1. The van der Waals surface area contributed by atoms with Gasteiger partial charge in [-0.15, -0.1) is 0 Å². The van der Waals surface area contributed by atoms with Crippen LogP contribution in [0.2, 0.25) is 0 Å². The second-order valence-electron chi connectivity index (χ2n) is 5.56. The van der Waals surface area contributed by atoms with Crippen molar-refractivity contribution in [3.63, 3.8) is 0 Å². The van der Waals surface area contributed by atoms with Crippen LogP contribution in [0, 0.1) is 5.92 Å². The lowest BCUT2D eigenvalue weighted by molar-refractivity contribution is 0.153. The van der Waals surface area contributed by atoms with E-state index in [4.69, 9.17) is 10.5 Å². The number of nitrogens with one attached hydrogen (secondary N) is 1. The normalized spacial score (nSPS) is 27.7. The van der Waals surface area contributed by atoms with Crippen LogP contribution in [0.15, 0.2) is 0 Å². The molecule has 3 heteroatoms. The Balaban J connectivity index is 2.31. The van der Waals surface area contributed by atoms with Crippen molar-refractivity contribution in [2.45, 2.75) is 64.0 Å². The molecule has 0 radical (unpaired) electrons. The molecule has 3 N–H and O–H groups in total. The van der Waals surface area contributed by atoms with E-state index in [1.165, 1.54) is 32.1 Å². The van der Waals surface area contributed by atoms with E-state index in [1.54, 1.807) is 7.11 Å². The van der Waals surface area contributed by atoms with Crippen molar-refractivity contribution < 1.29 is 4.74 Å².